The molecule has 0 aliphatic heterocycles. The monoisotopic (exact) mass is 304 g/mol. The Morgan fingerprint density at radius 1 is 1.36 bits per heavy atom. The van der Waals surface area contributed by atoms with Crippen LogP contribution in [0.25, 0.3) is 11.0 Å². The lowest BCUT2D eigenvalue weighted by molar-refractivity contribution is -0.147. The third kappa shape index (κ3) is 3.13. The van der Waals surface area contributed by atoms with Crippen LogP contribution in [0.1, 0.15) is 31.4 Å². The minimum Gasteiger partial charge on any atom is -0.479 e. The van der Waals surface area contributed by atoms with Gasteiger partial charge in [-0.1, -0.05) is 13.3 Å². The van der Waals surface area contributed by atoms with Crippen LogP contribution in [0.5, 0.6) is 5.75 Å². The van der Waals surface area contributed by atoms with Gasteiger partial charge in [0.25, 0.3) is 0 Å². The zero-order valence-corrected chi connectivity index (χ0v) is 13.3. The summed E-state index contributed by atoms with van der Waals surface area (Å²) in [6.07, 6.45) is 1.02. The lowest BCUT2D eigenvalue weighted by Crippen LogP contribution is -2.25. The number of benzene rings is 1. The molecule has 0 N–H and O–H groups in total. The molecule has 0 aliphatic carbocycles. The Morgan fingerprint density at radius 2 is 2.09 bits per heavy atom. The topological polar surface area (TPSA) is 65.7 Å². The second kappa shape index (κ2) is 6.64. The van der Waals surface area contributed by atoms with Gasteiger partial charge in [0.1, 0.15) is 11.3 Å². The Bertz CT molecular complexity index is 745. The van der Waals surface area contributed by atoms with Gasteiger partial charge in [-0.15, -0.1) is 0 Å². The Kier molecular flexibility index (Phi) is 4.85. The third-order valence-electron chi connectivity index (χ3n) is 3.55. The largest absolute Gasteiger partial charge is 0.479 e. The van der Waals surface area contributed by atoms with Crippen LogP contribution in [-0.2, 0) is 16.0 Å². The standard InChI is InChI=1S/C17H20O5/c1-5-6-12-9-15(18)22-16-10(2)14(8-7-13(12)16)21-11(3)17(19)20-4/h7-9,11H,5-6H2,1-4H3/t11-/m0/s1. The number of esters is 1. The normalized spacial score (nSPS) is 12.2. The Hall–Kier alpha value is -2.30. The highest BCUT2D eigenvalue weighted by Gasteiger charge is 2.18. The van der Waals surface area contributed by atoms with Crippen molar-refractivity contribution in [2.75, 3.05) is 7.11 Å². The van der Waals surface area contributed by atoms with Crippen molar-refractivity contribution in [1.82, 2.24) is 0 Å². The predicted molar refractivity (Wildman–Crippen MR) is 83.3 cm³/mol. The predicted octanol–water partition coefficient (Wildman–Crippen LogP) is 2.99. The molecule has 0 saturated heterocycles. The molecule has 5 nitrogen and oxygen atoms in total. The van der Waals surface area contributed by atoms with E-state index < -0.39 is 12.1 Å². The van der Waals surface area contributed by atoms with Gasteiger partial charge >= 0.3 is 11.6 Å². The van der Waals surface area contributed by atoms with E-state index in [9.17, 15) is 9.59 Å². The molecule has 5 heteroatoms. The van der Waals surface area contributed by atoms with Crippen LogP contribution in [-0.4, -0.2) is 19.2 Å². The van der Waals surface area contributed by atoms with Gasteiger partial charge in [-0.3, -0.25) is 0 Å². The molecule has 22 heavy (non-hydrogen) atoms. The van der Waals surface area contributed by atoms with Crippen LogP contribution in [0.4, 0.5) is 0 Å². The van der Waals surface area contributed by atoms with Crippen LogP contribution in [0.15, 0.2) is 27.4 Å². The van der Waals surface area contributed by atoms with Crippen molar-refractivity contribution in [2.24, 2.45) is 0 Å². The Balaban J connectivity index is 2.50. The fourth-order valence-corrected chi connectivity index (χ4v) is 2.42. The molecule has 0 aliphatic rings. The van der Waals surface area contributed by atoms with E-state index in [-0.39, 0.29) is 5.63 Å². The molecule has 1 atom stereocenters. The second-order valence-electron chi connectivity index (χ2n) is 5.19. The molecule has 1 aromatic heterocycles. The number of rotatable bonds is 5. The van der Waals surface area contributed by atoms with E-state index >= 15 is 0 Å². The van der Waals surface area contributed by atoms with E-state index in [0.29, 0.717) is 16.9 Å². The van der Waals surface area contributed by atoms with Crippen molar-refractivity contribution in [1.29, 1.82) is 0 Å². The van der Waals surface area contributed by atoms with Gasteiger partial charge < -0.3 is 13.9 Å². The minimum absolute atomic E-state index is 0.378. The highest BCUT2D eigenvalue weighted by atomic mass is 16.6. The number of methoxy groups -OCH3 is 1. The van der Waals surface area contributed by atoms with Crippen LogP contribution in [0.2, 0.25) is 0 Å². The maximum Gasteiger partial charge on any atom is 0.346 e. The van der Waals surface area contributed by atoms with E-state index in [1.807, 2.05) is 6.07 Å². The highest BCUT2D eigenvalue weighted by molar-refractivity contribution is 5.85. The van der Waals surface area contributed by atoms with E-state index in [1.54, 1.807) is 19.9 Å². The van der Waals surface area contributed by atoms with Crippen LogP contribution < -0.4 is 10.4 Å². The van der Waals surface area contributed by atoms with Crippen molar-refractivity contribution < 1.29 is 18.7 Å². The molecule has 0 spiro atoms. The van der Waals surface area contributed by atoms with Gasteiger partial charge in [-0.25, -0.2) is 9.59 Å². The Morgan fingerprint density at radius 3 is 2.73 bits per heavy atom. The van der Waals surface area contributed by atoms with Crippen molar-refractivity contribution in [3.05, 3.63) is 39.7 Å². The molecule has 0 amide bonds. The number of aryl methyl sites for hydroxylation is 2. The smallest absolute Gasteiger partial charge is 0.346 e. The molecule has 0 unspecified atom stereocenters. The van der Waals surface area contributed by atoms with Crippen molar-refractivity contribution >= 4 is 16.9 Å². The molecular weight excluding hydrogens is 284 g/mol. The van der Waals surface area contributed by atoms with Gasteiger partial charge in [0.15, 0.2) is 6.10 Å². The van der Waals surface area contributed by atoms with Gasteiger partial charge in [0, 0.05) is 17.0 Å². The average molecular weight is 304 g/mol. The fourth-order valence-electron chi connectivity index (χ4n) is 2.42. The molecule has 0 radical (unpaired) electrons. The van der Waals surface area contributed by atoms with E-state index in [0.717, 1.165) is 23.8 Å². The quantitative estimate of drug-likeness (QED) is 0.627. The molecule has 0 bridgehead atoms. The molecule has 118 valence electrons. The van der Waals surface area contributed by atoms with E-state index in [4.69, 9.17) is 9.15 Å². The molecule has 1 aromatic carbocycles. The number of carbonyl (C=O) groups is 1. The molecule has 1 heterocycles. The Labute approximate surface area is 128 Å². The fraction of sp³-hybridized carbons (Fsp3) is 0.412. The van der Waals surface area contributed by atoms with Crippen LogP contribution in [0, 0.1) is 6.92 Å². The molecule has 2 aromatic rings. The number of hydrogen-bond donors (Lipinski definition) is 0. The average Bonchev–Trinajstić information content (AvgIpc) is 2.49. The first kappa shape index (κ1) is 16.1. The summed E-state index contributed by atoms with van der Waals surface area (Å²) in [7, 11) is 1.31. The van der Waals surface area contributed by atoms with Crippen LogP contribution >= 0.6 is 0 Å². The van der Waals surface area contributed by atoms with Gasteiger partial charge in [0.2, 0.25) is 0 Å². The first-order chi connectivity index (χ1) is 10.5. The zero-order valence-electron chi connectivity index (χ0n) is 13.3. The first-order valence-corrected chi connectivity index (χ1v) is 7.28. The van der Waals surface area contributed by atoms with E-state index in [1.165, 1.54) is 13.2 Å². The van der Waals surface area contributed by atoms with E-state index in [2.05, 4.69) is 11.7 Å². The lowest BCUT2D eigenvalue weighted by Gasteiger charge is -2.15. The van der Waals surface area contributed by atoms with Gasteiger partial charge in [0.05, 0.1) is 7.11 Å². The number of hydrogen-bond acceptors (Lipinski definition) is 5. The summed E-state index contributed by atoms with van der Waals surface area (Å²) in [5, 5.41) is 0.900. The summed E-state index contributed by atoms with van der Waals surface area (Å²) < 4.78 is 15.6. The lowest BCUT2D eigenvalue weighted by atomic mass is 10.0. The molecule has 0 saturated carbocycles. The van der Waals surface area contributed by atoms with Crippen molar-refractivity contribution in [2.45, 2.75) is 39.7 Å². The third-order valence-corrected chi connectivity index (χ3v) is 3.55. The van der Waals surface area contributed by atoms with Gasteiger partial charge in [-0.05, 0) is 38.0 Å². The summed E-state index contributed by atoms with van der Waals surface area (Å²) in [6.45, 7) is 5.47. The summed E-state index contributed by atoms with van der Waals surface area (Å²) in [4.78, 5) is 23.2. The minimum atomic E-state index is -0.730. The number of fused-ring (bicyclic) bond motifs is 1. The molecular formula is C17H20O5. The van der Waals surface area contributed by atoms with Crippen LogP contribution in [0.3, 0.4) is 0 Å². The van der Waals surface area contributed by atoms with Crippen molar-refractivity contribution in [3.8, 4) is 5.75 Å². The maximum atomic E-state index is 11.7. The summed E-state index contributed by atoms with van der Waals surface area (Å²) in [5.74, 6) is 0.0443. The SMILES string of the molecule is CCCc1cc(=O)oc2c(C)c(O[C@@H](C)C(=O)OC)ccc12. The first-order valence-electron chi connectivity index (χ1n) is 7.28. The highest BCUT2D eigenvalue weighted by Crippen LogP contribution is 2.29. The zero-order chi connectivity index (χ0) is 16.3. The molecule has 0 fully saturated rings. The van der Waals surface area contributed by atoms with Gasteiger partial charge in [-0.2, -0.15) is 0 Å². The summed E-state index contributed by atoms with van der Waals surface area (Å²) in [5.41, 5.74) is 1.79. The number of ether oxygens (including phenoxy) is 2. The number of carbonyl (C=O) groups excluding carboxylic acids is 1. The maximum absolute atomic E-state index is 11.7. The second-order valence-corrected chi connectivity index (χ2v) is 5.19. The van der Waals surface area contributed by atoms with Crippen molar-refractivity contribution in [3.63, 3.8) is 0 Å². The summed E-state index contributed by atoms with van der Waals surface area (Å²) >= 11 is 0. The summed E-state index contributed by atoms with van der Waals surface area (Å²) in [6, 6.07) is 5.18. The molecule has 2 rings (SSSR count).